The van der Waals surface area contributed by atoms with Crippen molar-refractivity contribution in [1.82, 2.24) is 10.2 Å². The third kappa shape index (κ3) is 2.04. The molecule has 0 saturated heterocycles. The van der Waals surface area contributed by atoms with Crippen LogP contribution in [0, 0.1) is 17.1 Å². The molecule has 1 aromatic carbocycles. The zero-order chi connectivity index (χ0) is 11.5. The Morgan fingerprint density at radius 2 is 2.31 bits per heavy atom. The number of aromatic nitrogens is 2. The number of halogens is 2. The summed E-state index contributed by atoms with van der Waals surface area (Å²) in [6, 6.07) is 4.58. The molecule has 0 saturated carbocycles. The molecule has 0 unspecified atom stereocenters. The van der Waals surface area contributed by atoms with Crippen molar-refractivity contribution in [2.45, 2.75) is 0 Å². The molecule has 80 valence electrons. The van der Waals surface area contributed by atoms with Gasteiger partial charge in [-0.05, 0) is 28.1 Å². The smallest absolute Gasteiger partial charge is 0.148 e. The lowest BCUT2D eigenvalue weighted by atomic mass is 10.2. The van der Waals surface area contributed by atoms with Gasteiger partial charge in [0.05, 0.1) is 23.1 Å². The lowest BCUT2D eigenvalue weighted by molar-refractivity contribution is 0.631. The van der Waals surface area contributed by atoms with Crippen molar-refractivity contribution in [2.24, 2.45) is 0 Å². The Labute approximate surface area is 99.2 Å². The van der Waals surface area contributed by atoms with E-state index >= 15 is 0 Å². The van der Waals surface area contributed by atoms with Gasteiger partial charge in [0.1, 0.15) is 11.9 Å². The van der Waals surface area contributed by atoms with Gasteiger partial charge in [-0.1, -0.05) is 0 Å². The normalized spacial score (nSPS) is 9.81. The Kier molecular flexibility index (Phi) is 2.88. The summed E-state index contributed by atoms with van der Waals surface area (Å²) in [5.74, 6) is -0.485. The fourth-order valence-corrected chi connectivity index (χ4v) is 1.64. The number of rotatable bonds is 2. The lowest BCUT2D eigenvalue weighted by Crippen LogP contribution is -1.94. The molecule has 0 atom stereocenters. The first-order chi connectivity index (χ1) is 7.70. The van der Waals surface area contributed by atoms with Crippen molar-refractivity contribution in [2.75, 3.05) is 5.32 Å². The zero-order valence-corrected chi connectivity index (χ0v) is 9.55. The Morgan fingerprint density at radius 3 is 2.94 bits per heavy atom. The summed E-state index contributed by atoms with van der Waals surface area (Å²) in [6.07, 6.45) is 3.14. The number of nitrogens with one attached hydrogen (secondary N) is 2. The van der Waals surface area contributed by atoms with Crippen molar-refractivity contribution in [3.8, 4) is 6.07 Å². The summed E-state index contributed by atoms with van der Waals surface area (Å²) in [5, 5.41) is 17.9. The highest BCUT2D eigenvalue weighted by Crippen LogP contribution is 2.26. The average Bonchev–Trinajstić information content (AvgIpc) is 2.75. The van der Waals surface area contributed by atoms with E-state index in [1.54, 1.807) is 6.20 Å². The van der Waals surface area contributed by atoms with E-state index in [-0.39, 0.29) is 11.3 Å². The largest absolute Gasteiger partial charge is 0.351 e. The average molecular weight is 281 g/mol. The van der Waals surface area contributed by atoms with Crippen LogP contribution in [0.15, 0.2) is 29.0 Å². The first kappa shape index (κ1) is 10.6. The Balaban J connectivity index is 2.36. The molecule has 0 aliphatic carbocycles. The molecule has 0 amide bonds. The van der Waals surface area contributed by atoms with Gasteiger partial charge in [-0.2, -0.15) is 10.4 Å². The van der Waals surface area contributed by atoms with Crippen LogP contribution in [0.2, 0.25) is 0 Å². The van der Waals surface area contributed by atoms with Gasteiger partial charge in [0.15, 0.2) is 0 Å². The van der Waals surface area contributed by atoms with Crippen molar-refractivity contribution in [1.29, 1.82) is 5.26 Å². The number of nitrogens with zero attached hydrogens (tertiary/aromatic N) is 2. The second-order valence-corrected chi connectivity index (χ2v) is 3.89. The number of benzene rings is 1. The quantitative estimate of drug-likeness (QED) is 0.889. The highest BCUT2D eigenvalue weighted by atomic mass is 79.9. The van der Waals surface area contributed by atoms with Crippen LogP contribution in [0.3, 0.4) is 0 Å². The maximum absolute atomic E-state index is 13.5. The Morgan fingerprint density at radius 1 is 1.50 bits per heavy atom. The Bertz CT molecular complexity index is 545. The fraction of sp³-hybridized carbons (Fsp3) is 0. The van der Waals surface area contributed by atoms with Crippen molar-refractivity contribution in [3.63, 3.8) is 0 Å². The van der Waals surface area contributed by atoms with Crippen LogP contribution in [0.1, 0.15) is 5.56 Å². The van der Waals surface area contributed by atoms with Gasteiger partial charge in [-0.15, -0.1) is 0 Å². The summed E-state index contributed by atoms with van der Waals surface area (Å²) in [4.78, 5) is 0. The second kappa shape index (κ2) is 4.33. The number of nitriles is 1. The van der Waals surface area contributed by atoms with Crippen molar-refractivity contribution >= 4 is 27.3 Å². The number of anilines is 2. The molecule has 0 spiro atoms. The molecular weight excluding hydrogens is 275 g/mol. The van der Waals surface area contributed by atoms with E-state index < -0.39 is 5.82 Å². The highest BCUT2D eigenvalue weighted by molar-refractivity contribution is 9.10. The van der Waals surface area contributed by atoms with Gasteiger partial charge in [0.25, 0.3) is 0 Å². The monoisotopic (exact) mass is 280 g/mol. The maximum Gasteiger partial charge on any atom is 0.148 e. The Hall–Kier alpha value is -1.87. The summed E-state index contributed by atoms with van der Waals surface area (Å²) in [6.45, 7) is 0. The first-order valence-corrected chi connectivity index (χ1v) is 5.15. The first-order valence-electron chi connectivity index (χ1n) is 4.35. The van der Waals surface area contributed by atoms with Crippen LogP contribution in [0.25, 0.3) is 0 Å². The van der Waals surface area contributed by atoms with E-state index in [1.807, 2.05) is 6.07 Å². The maximum atomic E-state index is 13.5. The van der Waals surface area contributed by atoms with E-state index in [1.165, 1.54) is 18.3 Å². The van der Waals surface area contributed by atoms with Crippen LogP contribution >= 0.6 is 15.9 Å². The molecule has 4 nitrogen and oxygen atoms in total. The molecule has 1 heterocycles. The zero-order valence-electron chi connectivity index (χ0n) is 7.96. The molecular formula is C10H6BrFN4. The predicted molar refractivity (Wildman–Crippen MR) is 60.7 cm³/mol. The van der Waals surface area contributed by atoms with Gasteiger partial charge in [-0.25, -0.2) is 4.39 Å². The highest BCUT2D eigenvalue weighted by Gasteiger charge is 2.08. The molecule has 2 rings (SSSR count). The van der Waals surface area contributed by atoms with E-state index in [4.69, 9.17) is 5.26 Å². The van der Waals surface area contributed by atoms with Gasteiger partial charge in [0.2, 0.25) is 0 Å². The topological polar surface area (TPSA) is 64.5 Å². The third-order valence-corrected chi connectivity index (χ3v) is 2.61. The van der Waals surface area contributed by atoms with Gasteiger partial charge >= 0.3 is 0 Å². The van der Waals surface area contributed by atoms with E-state index in [2.05, 4.69) is 31.4 Å². The lowest BCUT2D eigenvalue weighted by Gasteiger charge is -2.06. The summed E-state index contributed by atoms with van der Waals surface area (Å²) >= 11 is 3.19. The molecule has 2 aromatic rings. The molecule has 0 bridgehead atoms. The SMILES string of the molecule is N#Cc1cc(F)c(Nc2cn[nH]c2)cc1Br. The minimum Gasteiger partial charge on any atom is -0.351 e. The number of hydrogen-bond acceptors (Lipinski definition) is 3. The van der Waals surface area contributed by atoms with Gasteiger partial charge < -0.3 is 5.32 Å². The number of aromatic amines is 1. The number of H-pyrrole nitrogens is 1. The molecule has 6 heteroatoms. The van der Waals surface area contributed by atoms with Crippen LogP contribution in [-0.2, 0) is 0 Å². The molecule has 0 fully saturated rings. The van der Waals surface area contributed by atoms with Crippen molar-refractivity contribution < 1.29 is 4.39 Å². The molecule has 0 aliphatic heterocycles. The predicted octanol–water partition coefficient (Wildman–Crippen LogP) is 2.93. The van der Waals surface area contributed by atoms with Crippen LogP contribution in [0.5, 0.6) is 0 Å². The van der Waals surface area contributed by atoms with Gasteiger partial charge in [0, 0.05) is 10.7 Å². The summed E-state index contributed by atoms with van der Waals surface area (Å²) in [7, 11) is 0. The molecule has 0 aliphatic rings. The standard InChI is InChI=1S/C10H6BrFN4/c11-8-2-10(9(12)1-6(8)3-13)16-7-4-14-15-5-7/h1-2,4-5,16H,(H,14,15). The van der Waals surface area contributed by atoms with E-state index in [0.717, 1.165) is 0 Å². The second-order valence-electron chi connectivity index (χ2n) is 3.04. The van der Waals surface area contributed by atoms with Gasteiger partial charge in [-0.3, -0.25) is 5.10 Å². The van der Waals surface area contributed by atoms with Crippen LogP contribution in [0.4, 0.5) is 15.8 Å². The van der Waals surface area contributed by atoms with Crippen molar-refractivity contribution in [3.05, 3.63) is 40.4 Å². The minimum atomic E-state index is -0.485. The number of hydrogen-bond donors (Lipinski definition) is 2. The molecule has 1 aromatic heterocycles. The molecule has 2 N–H and O–H groups in total. The summed E-state index contributed by atoms with van der Waals surface area (Å²) < 4.78 is 14.1. The summed E-state index contributed by atoms with van der Waals surface area (Å²) in [5.41, 5.74) is 1.19. The molecule has 16 heavy (non-hydrogen) atoms. The third-order valence-electron chi connectivity index (χ3n) is 1.95. The van der Waals surface area contributed by atoms with Crippen LogP contribution in [-0.4, -0.2) is 10.2 Å². The fourth-order valence-electron chi connectivity index (χ4n) is 1.20. The minimum absolute atomic E-state index is 0.259. The van der Waals surface area contributed by atoms with Crippen LogP contribution < -0.4 is 5.32 Å². The molecule has 0 radical (unpaired) electrons. The van der Waals surface area contributed by atoms with E-state index in [0.29, 0.717) is 10.2 Å². The van der Waals surface area contributed by atoms with E-state index in [9.17, 15) is 4.39 Å².